The minimum atomic E-state index is -4.50. The molecule has 0 aromatic carbocycles. The van der Waals surface area contributed by atoms with Crippen LogP contribution in [-0.4, -0.2) is 6.08 Å². The van der Waals surface area contributed by atoms with Crippen LogP contribution in [0.15, 0.2) is 21.5 Å². The molecule has 0 radical (unpaired) electrons. The van der Waals surface area contributed by atoms with Crippen molar-refractivity contribution in [2.45, 2.75) is 24.6 Å². The predicted molar refractivity (Wildman–Crippen MR) is 42.7 cm³/mol. The van der Waals surface area contributed by atoms with Gasteiger partial charge in [-0.1, -0.05) is 0 Å². The first-order valence-corrected chi connectivity index (χ1v) is 4.24. The van der Waals surface area contributed by atoms with Crippen LogP contribution in [0.1, 0.15) is 24.4 Å². The molecule has 0 unspecified atom stereocenters. The predicted octanol–water partition coefficient (Wildman–Crippen LogP) is 2.62. The van der Waals surface area contributed by atoms with Crippen LogP contribution < -0.4 is 0 Å². The summed E-state index contributed by atoms with van der Waals surface area (Å²) in [4.78, 5) is 13.5. The summed E-state index contributed by atoms with van der Waals surface area (Å²) in [5.74, 6) is -0.983. The molecule has 0 saturated heterocycles. The number of hydrogen-bond acceptors (Lipinski definition) is 3. The second-order valence-corrected chi connectivity index (χ2v) is 3.40. The molecule has 1 aromatic heterocycles. The molecule has 6 heteroatoms. The van der Waals surface area contributed by atoms with E-state index in [1.54, 1.807) is 0 Å². The van der Waals surface area contributed by atoms with Crippen molar-refractivity contribution in [2.24, 2.45) is 4.99 Å². The molecule has 3 nitrogen and oxygen atoms in total. The van der Waals surface area contributed by atoms with Gasteiger partial charge in [-0.3, -0.25) is 0 Å². The number of rotatable bonds is 2. The molecule has 1 aromatic rings. The van der Waals surface area contributed by atoms with Gasteiger partial charge < -0.3 is 4.42 Å². The topological polar surface area (TPSA) is 42.6 Å². The number of hydrogen-bond donors (Lipinski definition) is 0. The lowest BCUT2D eigenvalue weighted by Gasteiger charge is -2.04. The van der Waals surface area contributed by atoms with E-state index in [9.17, 15) is 18.0 Å². The molecule has 0 amide bonds. The summed E-state index contributed by atoms with van der Waals surface area (Å²) >= 11 is 0. The lowest BCUT2D eigenvalue weighted by molar-refractivity contribution is -0.153. The van der Waals surface area contributed by atoms with E-state index >= 15 is 0 Å². The lowest BCUT2D eigenvalue weighted by atomic mass is 10.2. The van der Waals surface area contributed by atoms with Crippen molar-refractivity contribution in [3.05, 3.63) is 23.7 Å². The van der Waals surface area contributed by atoms with E-state index in [2.05, 4.69) is 9.41 Å². The van der Waals surface area contributed by atoms with Crippen molar-refractivity contribution in [1.82, 2.24) is 0 Å². The third kappa shape index (κ3) is 1.68. The van der Waals surface area contributed by atoms with Gasteiger partial charge in [0.25, 0.3) is 0 Å². The summed E-state index contributed by atoms with van der Waals surface area (Å²) in [7, 11) is 0. The van der Waals surface area contributed by atoms with Crippen LogP contribution in [0.4, 0.5) is 13.2 Å². The zero-order chi connectivity index (χ0) is 11.1. The van der Waals surface area contributed by atoms with Crippen molar-refractivity contribution in [3.63, 3.8) is 0 Å². The number of nitrogens with zero attached hydrogens (tertiary/aromatic N) is 1. The monoisotopic (exact) mass is 217 g/mol. The molecule has 1 heterocycles. The Kier molecular flexibility index (Phi) is 1.98. The zero-order valence-corrected chi connectivity index (χ0v) is 7.47. The number of furan rings is 1. The quantitative estimate of drug-likeness (QED) is 0.564. The van der Waals surface area contributed by atoms with Gasteiger partial charge in [-0.2, -0.15) is 18.2 Å². The average Bonchev–Trinajstić information content (AvgIpc) is 2.75. The van der Waals surface area contributed by atoms with Gasteiger partial charge in [-0.05, 0) is 25.0 Å². The molecule has 0 spiro atoms. The first-order valence-electron chi connectivity index (χ1n) is 4.24. The number of alkyl halides is 3. The van der Waals surface area contributed by atoms with Crippen molar-refractivity contribution in [3.8, 4) is 0 Å². The van der Waals surface area contributed by atoms with Crippen LogP contribution in [0, 0.1) is 0 Å². The first-order chi connectivity index (χ1) is 6.98. The Hall–Kier alpha value is -1.55. The Labute approximate surface area is 82.6 Å². The highest BCUT2D eigenvalue weighted by molar-refractivity contribution is 5.39. The summed E-state index contributed by atoms with van der Waals surface area (Å²) in [6.07, 6.45) is -2.11. The molecular weight excluding hydrogens is 211 g/mol. The average molecular weight is 217 g/mol. The van der Waals surface area contributed by atoms with E-state index in [-0.39, 0.29) is 5.76 Å². The molecule has 80 valence electrons. The standard InChI is InChI=1S/C9H6F3NO2/c10-9(11,12)7-2-1-6(15-7)8(3-4-8)13-5-14/h1-2H,3-4H2. The van der Waals surface area contributed by atoms with Crippen molar-refractivity contribution < 1.29 is 22.4 Å². The molecule has 1 aliphatic rings. The number of carbonyl (C=O) groups excluding carboxylic acids is 1. The molecule has 0 aliphatic heterocycles. The maximum absolute atomic E-state index is 12.2. The Morgan fingerprint density at radius 2 is 2.07 bits per heavy atom. The Bertz CT molecular complexity index is 425. The van der Waals surface area contributed by atoms with Gasteiger partial charge in [-0.25, -0.2) is 4.79 Å². The zero-order valence-electron chi connectivity index (χ0n) is 7.47. The Morgan fingerprint density at radius 3 is 2.47 bits per heavy atom. The highest BCUT2D eigenvalue weighted by Gasteiger charge is 2.49. The smallest absolute Gasteiger partial charge is 0.449 e. The molecule has 1 aliphatic carbocycles. The molecule has 0 bridgehead atoms. The van der Waals surface area contributed by atoms with Crippen molar-refractivity contribution in [2.75, 3.05) is 0 Å². The first kappa shape index (κ1) is 9.98. The van der Waals surface area contributed by atoms with Gasteiger partial charge in [0.2, 0.25) is 11.8 Å². The fourth-order valence-corrected chi connectivity index (χ4v) is 1.36. The van der Waals surface area contributed by atoms with Gasteiger partial charge in [0.15, 0.2) is 0 Å². The molecule has 1 saturated carbocycles. The van der Waals surface area contributed by atoms with E-state index < -0.39 is 17.5 Å². The van der Waals surface area contributed by atoms with Crippen LogP contribution in [-0.2, 0) is 16.5 Å². The van der Waals surface area contributed by atoms with Gasteiger partial charge >= 0.3 is 6.18 Å². The van der Waals surface area contributed by atoms with Crippen molar-refractivity contribution >= 4 is 6.08 Å². The van der Waals surface area contributed by atoms with Crippen LogP contribution >= 0.6 is 0 Å². The van der Waals surface area contributed by atoms with Crippen LogP contribution in [0.25, 0.3) is 0 Å². The number of aliphatic imine (C=N–C) groups is 1. The van der Waals surface area contributed by atoms with E-state index in [1.165, 1.54) is 12.1 Å². The third-order valence-corrected chi connectivity index (χ3v) is 2.33. The Morgan fingerprint density at radius 1 is 1.40 bits per heavy atom. The van der Waals surface area contributed by atoms with E-state index in [4.69, 9.17) is 0 Å². The molecular formula is C9H6F3NO2. The molecule has 2 rings (SSSR count). The summed E-state index contributed by atoms with van der Waals surface area (Å²) in [5, 5.41) is 0. The van der Waals surface area contributed by atoms with Gasteiger partial charge in [0, 0.05) is 0 Å². The van der Waals surface area contributed by atoms with Gasteiger partial charge in [-0.15, -0.1) is 0 Å². The summed E-state index contributed by atoms with van der Waals surface area (Å²) in [5.41, 5.74) is -0.884. The van der Waals surface area contributed by atoms with Crippen LogP contribution in [0.2, 0.25) is 0 Å². The number of isocyanates is 1. The number of halogens is 3. The summed E-state index contributed by atoms with van der Waals surface area (Å²) in [6, 6.07) is 2.05. The minimum Gasteiger partial charge on any atom is -0.454 e. The van der Waals surface area contributed by atoms with Gasteiger partial charge in [0.1, 0.15) is 11.3 Å². The highest BCUT2D eigenvalue weighted by Crippen LogP contribution is 2.50. The SMILES string of the molecule is O=C=NC1(c2ccc(C(F)(F)F)o2)CC1. The van der Waals surface area contributed by atoms with Crippen LogP contribution in [0.5, 0.6) is 0 Å². The Balaban J connectivity index is 2.32. The summed E-state index contributed by atoms with van der Waals surface area (Å²) < 4.78 is 41.2. The molecule has 15 heavy (non-hydrogen) atoms. The fourth-order valence-electron chi connectivity index (χ4n) is 1.36. The second kappa shape index (κ2) is 2.97. The maximum Gasteiger partial charge on any atom is 0.449 e. The minimum absolute atomic E-state index is 0.0816. The van der Waals surface area contributed by atoms with Crippen LogP contribution in [0.3, 0.4) is 0 Å². The maximum atomic E-state index is 12.2. The largest absolute Gasteiger partial charge is 0.454 e. The normalized spacial score (nSPS) is 18.3. The molecule has 0 N–H and O–H groups in total. The van der Waals surface area contributed by atoms with E-state index in [0.717, 1.165) is 6.07 Å². The van der Waals surface area contributed by atoms with Gasteiger partial charge in [0.05, 0.1) is 0 Å². The third-order valence-electron chi connectivity index (χ3n) is 2.33. The second-order valence-electron chi connectivity index (χ2n) is 3.40. The van der Waals surface area contributed by atoms with E-state index in [1.807, 2.05) is 0 Å². The molecule has 0 atom stereocenters. The van der Waals surface area contributed by atoms with E-state index in [0.29, 0.717) is 12.8 Å². The molecule has 1 fully saturated rings. The summed E-state index contributed by atoms with van der Waals surface area (Å²) in [6.45, 7) is 0. The van der Waals surface area contributed by atoms with Crippen molar-refractivity contribution in [1.29, 1.82) is 0 Å². The lowest BCUT2D eigenvalue weighted by Crippen LogP contribution is -2.04. The highest BCUT2D eigenvalue weighted by atomic mass is 19.4. The fraction of sp³-hybridized carbons (Fsp3) is 0.444.